The van der Waals surface area contributed by atoms with Gasteiger partial charge in [-0.15, -0.1) is 11.3 Å². The Bertz CT molecular complexity index is 554. The van der Waals surface area contributed by atoms with E-state index in [-0.39, 0.29) is 0 Å². The SMILES string of the molecule is Cc1ncc(NC(C(=O)O)c2cccs2)nc1C. The van der Waals surface area contributed by atoms with Gasteiger partial charge in [0.1, 0.15) is 5.82 Å². The molecular formula is C12H13N3O2S. The Balaban J connectivity index is 2.24. The lowest BCUT2D eigenvalue weighted by atomic mass is 10.2. The van der Waals surface area contributed by atoms with Crippen molar-refractivity contribution in [2.45, 2.75) is 19.9 Å². The van der Waals surface area contributed by atoms with Crippen LogP contribution in [0.3, 0.4) is 0 Å². The van der Waals surface area contributed by atoms with Gasteiger partial charge in [0.25, 0.3) is 0 Å². The third-order valence-corrected chi connectivity index (χ3v) is 3.50. The van der Waals surface area contributed by atoms with Crippen LogP contribution in [0.4, 0.5) is 5.82 Å². The maximum atomic E-state index is 11.3. The normalized spacial score (nSPS) is 12.1. The predicted molar refractivity (Wildman–Crippen MR) is 69.8 cm³/mol. The fourth-order valence-electron chi connectivity index (χ4n) is 1.47. The quantitative estimate of drug-likeness (QED) is 0.886. The van der Waals surface area contributed by atoms with Crippen molar-refractivity contribution in [3.63, 3.8) is 0 Å². The van der Waals surface area contributed by atoms with E-state index in [2.05, 4.69) is 15.3 Å². The Labute approximate surface area is 109 Å². The monoisotopic (exact) mass is 263 g/mol. The van der Waals surface area contributed by atoms with Crippen molar-refractivity contribution < 1.29 is 9.90 Å². The highest BCUT2D eigenvalue weighted by atomic mass is 32.1. The number of nitrogens with one attached hydrogen (secondary N) is 1. The third kappa shape index (κ3) is 2.65. The molecule has 0 bridgehead atoms. The van der Waals surface area contributed by atoms with E-state index in [0.29, 0.717) is 5.82 Å². The predicted octanol–water partition coefficient (Wildman–Crippen LogP) is 2.39. The number of anilines is 1. The van der Waals surface area contributed by atoms with Crippen LogP contribution >= 0.6 is 11.3 Å². The number of hydrogen-bond acceptors (Lipinski definition) is 5. The number of thiophene rings is 1. The summed E-state index contributed by atoms with van der Waals surface area (Å²) >= 11 is 1.39. The fourth-order valence-corrected chi connectivity index (χ4v) is 2.24. The van der Waals surface area contributed by atoms with E-state index in [4.69, 9.17) is 0 Å². The number of aliphatic carboxylic acids is 1. The first-order chi connectivity index (χ1) is 8.58. The van der Waals surface area contributed by atoms with Crippen molar-refractivity contribution in [3.05, 3.63) is 40.0 Å². The van der Waals surface area contributed by atoms with Gasteiger partial charge in [0.15, 0.2) is 6.04 Å². The summed E-state index contributed by atoms with van der Waals surface area (Å²) in [5.41, 5.74) is 1.62. The number of hydrogen-bond donors (Lipinski definition) is 2. The summed E-state index contributed by atoms with van der Waals surface area (Å²) in [5, 5.41) is 14.0. The molecule has 2 aromatic heterocycles. The Hall–Kier alpha value is -1.95. The minimum atomic E-state index is -0.933. The van der Waals surface area contributed by atoms with Gasteiger partial charge in [0, 0.05) is 4.88 Å². The van der Waals surface area contributed by atoms with E-state index in [1.54, 1.807) is 12.3 Å². The largest absolute Gasteiger partial charge is 0.479 e. The van der Waals surface area contributed by atoms with Crippen molar-refractivity contribution in [1.82, 2.24) is 9.97 Å². The van der Waals surface area contributed by atoms with Gasteiger partial charge in [0.2, 0.25) is 0 Å². The highest BCUT2D eigenvalue weighted by Crippen LogP contribution is 2.23. The molecule has 2 aromatic rings. The van der Waals surface area contributed by atoms with Gasteiger partial charge in [-0.2, -0.15) is 0 Å². The lowest BCUT2D eigenvalue weighted by Crippen LogP contribution is -2.20. The first-order valence-electron chi connectivity index (χ1n) is 5.41. The van der Waals surface area contributed by atoms with Gasteiger partial charge in [-0.05, 0) is 25.3 Å². The molecule has 2 heterocycles. The van der Waals surface area contributed by atoms with Gasteiger partial charge in [-0.1, -0.05) is 6.07 Å². The summed E-state index contributed by atoms with van der Waals surface area (Å²) in [5.74, 6) is -0.462. The van der Waals surface area contributed by atoms with Crippen LogP contribution in [0.1, 0.15) is 22.3 Å². The molecule has 5 nitrogen and oxygen atoms in total. The number of aryl methyl sites for hydroxylation is 2. The Morgan fingerprint density at radius 1 is 1.44 bits per heavy atom. The van der Waals surface area contributed by atoms with Gasteiger partial charge in [-0.3, -0.25) is 4.98 Å². The molecule has 0 spiro atoms. The molecule has 1 unspecified atom stereocenters. The fraction of sp³-hybridized carbons (Fsp3) is 0.250. The average Bonchev–Trinajstić information content (AvgIpc) is 2.83. The summed E-state index contributed by atoms with van der Waals surface area (Å²) in [4.78, 5) is 20.4. The van der Waals surface area contributed by atoms with Crippen LogP contribution in [0.2, 0.25) is 0 Å². The number of rotatable bonds is 4. The standard InChI is InChI=1S/C12H13N3O2S/c1-7-8(2)14-10(6-13-7)15-11(12(16)17)9-4-3-5-18-9/h3-6,11H,1-2H3,(H,14,15)(H,16,17). The number of nitrogens with zero attached hydrogens (tertiary/aromatic N) is 2. The number of carboxylic acids is 1. The first-order valence-corrected chi connectivity index (χ1v) is 6.29. The second kappa shape index (κ2) is 5.14. The molecule has 94 valence electrons. The second-order valence-electron chi connectivity index (χ2n) is 3.86. The molecule has 0 radical (unpaired) electrons. The Morgan fingerprint density at radius 3 is 2.78 bits per heavy atom. The molecule has 6 heteroatoms. The molecule has 0 fully saturated rings. The van der Waals surface area contributed by atoms with Crippen LogP contribution in [0, 0.1) is 13.8 Å². The van der Waals surface area contributed by atoms with E-state index in [9.17, 15) is 9.90 Å². The van der Waals surface area contributed by atoms with Crippen molar-refractivity contribution >= 4 is 23.1 Å². The van der Waals surface area contributed by atoms with E-state index in [1.165, 1.54) is 11.3 Å². The minimum absolute atomic E-state index is 0.471. The molecule has 0 saturated heterocycles. The van der Waals surface area contributed by atoms with Crippen molar-refractivity contribution in [1.29, 1.82) is 0 Å². The van der Waals surface area contributed by atoms with Crippen LogP contribution in [0.25, 0.3) is 0 Å². The molecule has 0 aromatic carbocycles. The van der Waals surface area contributed by atoms with Crippen molar-refractivity contribution in [3.8, 4) is 0 Å². The molecule has 2 rings (SSSR count). The maximum absolute atomic E-state index is 11.3. The molecule has 0 saturated carbocycles. The summed E-state index contributed by atoms with van der Waals surface area (Å²) in [6.07, 6.45) is 1.55. The maximum Gasteiger partial charge on any atom is 0.331 e. The van der Waals surface area contributed by atoms with Crippen LogP contribution in [-0.4, -0.2) is 21.0 Å². The van der Waals surface area contributed by atoms with Gasteiger partial charge >= 0.3 is 5.97 Å². The van der Waals surface area contributed by atoms with Crippen LogP contribution in [0.5, 0.6) is 0 Å². The molecule has 0 amide bonds. The molecular weight excluding hydrogens is 250 g/mol. The Kier molecular flexibility index (Phi) is 3.57. The topological polar surface area (TPSA) is 75.1 Å². The van der Waals surface area contributed by atoms with E-state index < -0.39 is 12.0 Å². The first kappa shape index (κ1) is 12.5. The third-order valence-electron chi connectivity index (χ3n) is 2.56. The van der Waals surface area contributed by atoms with Crippen molar-refractivity contribution in [2.24, 2.45) is 0 Å². The molecule has 1 atom stereocenters. The smallest absolute Gasteiger partial charge is 0.331 e. The van der Waals surface area contributed by atoms with Crippen LogP contribution in [0.15, 0.2) is 23.7 Å². The zero-order valence-electron chi connectivity index (χ0n) is 10.0. The summed E-state index contributed by atoms with van der Waals surface area (Å²) in [6.45, 7) is 3.70. The van der Waals surface area contributed by atoms with Crippen LogP contribution in [-0.2, 0) is 4.79 Å². The second-order valence-corrected chi connectivity index (χ2v) is 4.84. The van der Waals surface area contributed by atoms with Crippen molar-refractivity contribution in [2.75, 3.05) is 5.32 Å². The summed E-state index contributed by atoms with van der Waals surface area (Å²) < 4.78 is 0. The number of carboxylic acid groups (broad SMARTS) is 1. The average molecular weight is 263 g/mol. The van der Waals surface area contributed by atoms with Crippen LogP contribution < -0.4 is 5.32 Å². The zero-order valence-corrected chi connectivity index (χ0v) is 10.9. The molecule has 18 heavy (non-hydrogen) atoms. The lowest BCUT2D eigenvalue weighted by molar-refractivity contribution is -0.138. The minimum Gasteiger partial charge on any atom is -0.479 e. The molecule has 0 aliphatic heterocycles. The van der Waals surface area contributed by atoms with Gasteiger partial charge in [-0.25, -0.2) is 9.78 Å². The number of aromatic nitrogens is 2. The highest BCUT2D eigenvalue weighted by molar-refractivity contribution is 7.10. The lowest BCUT2D eigenvalue weighted by Gasteiger charge is -2.13. The van der Waals surface area contributed by atoms with E-state index in [0.717, 1.165) is 16.3 Å². The van der Waals surface area contributed by atoms with E-state index in [1.807, 2.05) is 25.3 Å². The zero-order chi connectivity index (χ0) is 13.1. The molecule has 2 N–H and O–H groups in total. The van der Waals surface area contributed by atoms with Gasteiger partial charge < -0.3 is 10.4 Å². The molecule has 0 aliphatic carbocycles. The summed E-state index contributed by atoms with van der Waals surface area (Å²) in [6, 6.07) is 2.82. The highest BCUT2D eigenvalue weighted by Gasteiger charge is 2.21. The Morgan fingerprint density at radius 2 is 2.22 bits per heavy atom. The molecule has 0 aliphatic rings. The summed E-state index contributed by atoms with van der Waals surface area (Å²) in [7, 11) is 0. The van der Waals surface area contributed by atoms with E-state index >= 15 is 0 Å². The van der Waals surface area contributed by atoms with Gasteiger partial charge in [0.05, 0.1) is 17.6 Å². The number of carbonyl (C=O) groups is 1.